The highest BCUT2D eigenvalue weighted by Gasteiger charge is 2.05. The van der Waals surface area contributed by atoms with Gasteiger partial charge in [0, 0.05) is 13.1 Å². The summed E-state index contributed by atoms with van der Waals surface area (Å²) in [5, 5.41) is 7.25. The third kappa shape index (κ3) is 9.02. The van der Waals surface area contributed by atoms with E-state index in [1.54, 1.807) is 14.2 Å². The summed E-state index contributed by atoms with van der Waals surface area (Å²) in [6.45, 7) is 2.51. The van der Waals surface area contributed by atoms with Crippen molar-refractivity contribution in [1.82, 2.24) is 26.4 Å². The number of rotatable bonds is 9. The molecule has 1 rings (SSSR count). The van der Waals surface area contributed by atoms with Crippen LogP contribution in [0.15, 0.2) is 18.2 Å². The Kier molecular flexibility index (Phi) is 10.7. The molecule has 7 nitrogen and oxygen atoms in total. The Morgan fingerprint density at radius 2 is 1.58 bits per heavy atom. The number of hydrogen-bond acceptors (Lipinski definition) is 5. The first-order valence-electron chi connectivity index (χ1n) is 8.39. The van der Waals surface area contributed by atoms with Crippen molar-refractivity contribution in [2.45, 2.75) is 12.8 Å². The minimum Gasteiger partial charge on any atom is -0.493 e. The topological polar surface area (TPSA) is 69.8 Å². The third-order valence-corrected chi connectivity index (χ3v) is 4.00. The number of hydrogen-bond donors (Lipinski definition) is 4. The minimum absolute atomic E-state index is 0.489. The normalized spacial score (nSPS) is 10.2. The zero-order valence-corrected chi connectivity index (χ0v) is 17.5. The van der Waals surface area contributed by atoms with Crippen molar-refractivity contribution in [1.29, 1.82) is 0 Å². The molecule has 0 unspecified atom stereocenters. The van der Waals surface area contributed by atoms with Crippen LogP contribution in [0.3, 0.4) is 0 Å². The number of benzene rings is 1. The van der Waals surface area contributed by atoms with E-state index in [1.807, 2.05) is 32.3 Å². The maximum absolute atomic E-state index is 5.31. The summed E-state index contributed by atoms with van der Waals surface area (Å²) in [5.74, 6) is 1.44. The molecule has 1 aromatic rings. The summed E-state index contributed by atoms with van der Waals surface area (Å²) in [6, 6.07) is 5.86. The van der Waals surface area contributed by atoms with Gasteiger partial charge in [-0.3, -0.25) is 10.9 Å². The summed E-state index contributed by atoms with van der Waals surface area (Å²) in [4.78, 5) is 2.13. The lowest BCUT2D eigenvalue weighted by Crippen LogP contribution is -2.50. The van der Waals surface area contributed by atoms with Crippen molar-refractivity contribution in [2.75, 3.05) is 47.9 Å². The molecule has 0 heterocycles. The van der Waals surface area contributed by atoms with Gasteiger partial charge in [-0.15, -0.1) is 0 Å². The highest BCUT2D eigenvalue weighted by atomic mass is 32.1. The quantitative estimate of drug-likeness (QED) is 0.277. The molecule has 4 N–H and O–H groups in total. The fourth-order valence-corrected chi connectivity index (χ4v) is 2.46. The van der Waals surface area contributed by atoms with Gasteiger partial charge >= 0.3 is 0 Å². The molecule has 0 aliphatic carbocycles. The Labute approximate surface area is 166 Å². The molecule has 26 heavy (non-hydrogen) atoms. The number of thiocarbonyl (C=S) groups is 2. The predicted octanol–water partition coefficient (Wildman–Crippen LogP) is 1.04. The number of hydrazine groups is 1. The SMILES string of the molecule is COc1ccc(CCNC(=S)NNC(=S)NCCCN(C)C)cc1OC. The molecule has 0 radical (unpaired) electrons. The van der Waals surface area contributed by atoms with Crippen molar-refractivity contribution in [2.24, 2.45) is 0 Å². The smallest absolute Gasteiger partial charge is 0.185 e. The van der Waals surface area contributed by atoms with Gasteiger partial charge in [-0.2, -0.15) is 0 Å². The number of nitrogens with one attached hydrogen (secondary N) is 4. The van der Waals surface area contributed by atoms with Gasteiger partial charge in [0.15, 0.2) is 21.7 Å². The maximum atomic E-state index is 5.31. The van der Waals surface area contributed by atoms with E-state index < -0.39 is 0 Å². The second-order valence-electron chi connectivity index (χ2n) is 5.86. The van der Waals surface area contributed by atoms with Crippen LogP contribution in [0.1, 0.15) is 12.0 Å². The lowest BCUT2D eigenvalue weighted by atomic mass is 10.1. The Hall–Kier alpha value is -1.84. The Morgan fingerprint density at radius 3 is 2.15 bits per heavy atom. The van der Waals surface area contributed by atoms with Gasteiger partial charge in [0.25, 0.3) is 0 Å². The van der Waals surface area contributed by atoms with Crippen LogP contribution in [-0.4, -0.2) is 63.1 Å². The van der Waals surface area contributed by atoms with Crippen LogP contribution in [0.4, 0.5) is 0 Å². The van der Waals surface area contributed by atoms with Crippen molar-refractivity contribution in [3.63, 3.8) is 0 Å². The van der Waals surface area contributed by atoms with E-state index in [0.717, 1.165) is 43.0 Å². The zero-order chi connectivity index (χ0) is 19.4. The molecular weight excluding hydrogens is 370 g/mol. The zero-order valence-electron chi connectivity index (χ0n) is 15.8. The van der Waals surface area contributed by atoms with E-state index in [-0.39, 0.29) is 0 Å². The highest BCUT2D eigenvalue weighted by molar-refractivity contribution is 7.80. The van der Waals surface area contributed by atoms with Gasteiger partial charge in [-0.25, -0.2) is 0 Å². The van der Waals surface area contributed by atoms with Crippen LogP contribution in [0.25, 0.3) is 0 Å². The average molecular weight is 400 g/mol. The van der Waals surface area contributed by atoms with Crippen LogP contribution < -0.4 is 31.0 Å². The van der Waals surface area contributed by atoms with Gasteiger partial charge in [-0.05, 0) is 75.6 Å². The molecule has 1 aromatic carbocycles. The van der Waals surface area contributed by atoms with Crippen molar-refractivity contribution in [3.05, 3.63) is 23.8 Å². The first-order chi connectivity index (χ1) is 12.5. The standard InChI is InChI=1S/C17H29N5O2S2/c1-22(2)11-5-9-18-16(25)20-21-17(26)19-10-8-13-6-7-14(23-3)15(12-13)24-4/h6-7,12H,5,8-11H2,1-4H3,(H2,18,20,25)(H2,19,21,26). The Morgan fingerprint density at radius 1 is 0.962 bits per heavy atom. The van der Waals surface area contributed by atoms with Gasteiger partial charge in [0.2, 0.25) is 0 Å². The summed E-state index contributed by atoms with van der Waals surface area (Å²) in [6.07, 6.45) is 1.82. The van der Waals surface area contributed by atoms with Crippen molar-refractivity contribution >= 4 is 34.7 Å². The lowest BCUT2D eigenvalue weighted by Gasteiger charge is -2.15. The van der Waals surface area contributed by atoms with E-state index in [1.165, 1.54) is 0 Å². The molecule has 0 fully saturated rings. The molecule has 0 atom stereocenters. The number of nitrogens with zero attached hydrogens (tertiary/aromatic N) is 1. The minimum atomic E-state index is 0.489. The first kappa shape index (κ1) is 22.2. The Bertz CT molecular complexity index is 584. The fraction of sp³-hybridized carbons (Fsp3) is 0.529. The van der Waals surface area contributed by atoms with Gasteiger partial charge in [-0.1, -0.05) is 6.07 Å². The molecular formula is C17H29N5O2S2. The predicted molar refractivity (Wildman–Crippen MR) is 114 cm³/mol. The van der Waals surface area contributed by atoms with E-state index in [9.17, 15) is 0 Å². The van der Waals surface area contributed by atoms with Gasteiger partial charge in [0.1, 0.15) is 0 Å². The molecule has 146 valence electrons. The number of ether oxygens (including phenoxy) is 2. The largest absolute Gasteiger partial charge is 0.493 e. The molecule has 0 aliphatic rings. The van der Waals surface area contributed by atoms with Crippen LogP contribution >= 0.6 is 24.4 Å². The molecule has 0 saturated heterocycles. The van der Waals surface area contributed by atoms with Crippen LogP contribution in [0.5, 0.6) is 11.5 Å². The van der Waals surface area contributed by atoms with E-state index in [2.05, 4.69) is 26.4 Å². The summed E-state index contributed by atoms with van der Waals surface area (Å²) >= 11 is 10.4. The van der Waals surface area contributed by atoms with Crippen LogP contribution in [0, 0.1) is 0 Å². The maximum Gasteiger partial charge on any atom is 0.185 e. The first-order valence-corrected chi connectivity index (χ1v) is 9.21. The number of methoxy groups -OCH3 is 2. The molecule has 9 heteroatoms. The lowest BCUT2D eigenvalue weighted by molar-refractivity contribution is 0.354. The van der Waals surface area contributed by atoms with Gasteiger partial charge in [0.05, 0.1) is 14.2 Å². The molecule has 0 bridgehead atoms. The summed E-state index contributed by atoms with van der Waals surface area (Å²) < 4.78 is 10.5. The van der Waals surface area contributed by atoms with E-state index in [0.29, 0.717) is 16.8 Å². The molecule has 0 aliphatic heterocycles. The van der Waals surface area contributed by atoms with Crippen LogP contribution in [-0.2, 0) is 6.42 Å². The summed E-state index contributed by atoms with van der Waals surface area (Å²) in [5.41, 5.74) is 6.87. The fourth-order valence-electron chi connectivity index (χ4n) is 2.16. The summed E-state index contributed by atoms with van der Waals surface area (Å²) in [7, 11) is 7.34. The average Bonchev–Trinajstić information content (AvgIpc) is 2.63. The molecule has 0 amide bonds. The van der Waals surface area contributed by atoms with E-state index in [4.69, 9.17) is 33.9 Å². The van der Waals surface area contributed by atoms with E-state index >= 15 is 0 Å². The van der Waals surface area contributed by atoms with Crippen molar-refractivity contribution < 1.29 is 9.47 Å². The molecule has 0 saturated carbocycles. The van der Waals surface area contributed by atoms with Crippen molar-refractivity contribution in [3.8, 4) is 11.5 Å². The highest BCUT2D eigenvalue weighted by Crippen LogP contribution is 2.27. The third-order valence-electron chi connectivity index (χ3n) is 3.50. The second-order valence-corrected chi connectivity index (χ2v) is 6.67. The van der Waals surface area contributed by atoms with Gasteiger partial charge < -0.3 is 25.0 Å². The molecule has 0 spiro atoms. The second kappa shape index (κ2) is 12.5. The van der Waals surface area contributed by atoms with Crippen LogP contribution in [0.2, 0.25) is 0 Å². The monoisotopic (exact) mass is 399 g/mol. The Balaban J connectivity index is 2.21. The molecule has 0 aromatic heterocycles.